The Labute approximate surface area is 165 Å². The zero-order chi connectivity index (χ0) is 19.0. The van der Waals surface area contributed by atoms with Gasteiger partial charge in [-0.05, 0) is 46.3 Å². The Morgan fingerprint density at radius 2 is 1.74 bits per heavy atom. The average Bonchev–Trinajstić information content (AvgIpc) is 2.99. The van der Waals surface area contributed by atoms with Crippen molar-refractivity contribution in [3.8, 4) is 10.4 Å². The molecule has 0 radical (unpaired) electrons. The molecule has 0 aliphatic carbocycles. The van der Waals surface area contributed by atoms with Gasteiger partial charge in [0, 0.05) is 26.3 Å². The first kappa shape index (κ1) is 17.8. The number of nitrogens with one attached hydrogen (secondary N) is 1. The first-order valence-electron chi connectivity index (χ1n) is 7.93. The zero-order valence-electron chi connectivity index (χ0n) is 13.7. The van der Waals surface area contributed by atoms with Gasteiger partial charge in [0.15, 0.2) is 0 Å². The number of halogens is 3. The molecule has 2 aromatic carbocycles. The molecule has 3 nitrogen and oxygen atoms in total. The lowest BCUT2D eigenvalue weighted by atomic mass is 10.2. The van der Waals surface area contributed by atoms with Crippen LogP contribution in [-0.2, 0) is 0 Å². The minimum absolute atomic E-state index is 0.212. The van der Waals surface area contributed by atoms with E-state index in [9.17, 15) is 13.6 Å². The van der Waals surface area contributed by atoms with E-state index in [1.807, 2.05) is 24.3 Å². The van der Waals surface area contributed by atoms with Crippen LogP contribution in [0.1, 0.15) is 10.4 Å². The highest BCUT2D eigenvalue weighted by Crippen LogP contribution is 2.41. The molecule has 1 amide bonds. The van der Waals surface area contributed by atoms with E-state index < -0.39 is 23.1 Å². The molecular weight excluding hydrogens is 434 g/mol. The third kappa shape index (κ3) is 3.36. The highest BCUT2D eigenvalue weighted by atomic mass is 79.9. The molecule has 0 fully saturated rings. The molecule has 27 heavy (non-hydrogen) atoms. The summed E-state index contributed by atoms with van der Waals surface area (Å²) in [5.74, 6) is -2.51. The van der Waals surface area contributed by atoms with Crippen molar-refractivity contribution < 1.29 is 13.6 Å². The number of fused-ring (bicyclic) bond motifs is 1. The molecule has 0 saturated carbocycles. The van der Waals surface area contributed by atoms with Crippen molar-refractivity contribution in [3.05, 3.63) is 82.5 Å². The summed E-state index contributed by atoms with van der Waals surface area (Å²) >= 11 is 5.25. The number of aromatic nitrogens is 1. The van der Waals surface area contributed by atoms with E-state index in [4.69, 9.17) is 0 Å². The summed E-state index contributed by atoms with van der Waals surface area (Å²) in [6.07, 6.45) is 1.61. The van der Waals surface area contributed by atoms with Crippen LogP contribution in [-0.4, -0.2) is 10.9 Å². The Balaban J connectivity index is 1.60. The highest BCUT2D eigenvalue weighted by molar-refractivity contribution is 9.10. The largest absolute Gasteiger partial charge is 0.306 e. The van der Waals surface area contributed by atoms with E-state index in [0.717, 1.165) is 37.1 Å². The maximum absolute atomic E-state index is 13.7. The fourth-order valence-corrected chi connectivity index (χ4v) is 4.73. The predicted molar refractivity (Wildman–Crippen MR) is 107 cm³/mol. The van der Waals surface area contributed by atoms with Gasteiger partial charge in [0.2, 0.25) is 0 Å². The lowest BCUT2D eigenvalue weighted by molar-refractivity contribution is 0.101. The number of anilines is 1. The molecule has 4 aromatic rings. The van der Waals surface area contributed by atoms with Gasteiger partial charge in [-0.15, -0.1) is 11.3 Å². The second-order valence-corrected chi connectivity index (χ2v) is 7.57. The Morgan fingerprint density at radius 1 is 1.00 bits per heavy atom. The van der Waals surface area contributed by atoms with Crippen LogP contribution < -0.4 is 5.32 Å². The lowest BCUT2D eigenvalue weighted by Crippen LogP contribution is -2.16. The topological polar surface area (TPSA) is 42.0 Å². The van der Waals surface area contributed by atoms with Crippen molar-refractivity contribution in [1.82, 2.24) is 4.98 Å². The number of rotatable bonds is 3. The van der Waals surface area contributed by atoms with Crippen molar-refractivity contribution in [2.24, 2.45) is 0 Å². The van der Waals surface area contributed by atoms with Gasteiger partial charge < -0.3 is 5.32 Å². The van der Waals surface area contributed by atoms with Gasteiger partial charge in [-0.1, -0.05) is 24.3 Å². The summed E-state index contributed by atoms with van der Waals surface area (Å²) in [7, 11) is 0. The number of hydrogen-bond acceptors (Lipinski definition) is 3. The Bertz CT molecular complexity index is 1140. The molecule has 0 saturated heterocycles. The molecule has 134 valence electrons. The van der Waals surface area contributed by atoms with Crippen LogP contribution in [0.4, 0.5) is 14.6 Å². The first-order chi connectivity index (χ1) is 13.0. The fourth-order valence-electron chi connectivity index (χ4n) is 2.70. The number of benzene rings is 2. The number of amides is 1. The van der Waals surface area contributed by atoms with Crippen molar-refractivity contribution in [1.29, 1.82) is 0 Å². The SMILES string of the molecule is O=C(Nc1ccc(-c2sc3ccccc3c2Br)cn1)c1c(F)cccc1F. The third-order valence-corrected chi connectivity index (χ3v) is 6.30. The lowest BCUT2D eigenvalue weighted by Gasteiger charge is -2.07. The van der Waals surface area contributed by atoms with E-state index in [1.54, 1.807) is 29.7 Å². The molecule has 1 N–H and O–H groups in total. The molecule has 7 heteroatoms. The van der Waals surface area contributed by atoms with Crippen LogP contribution in [0.2, 0.25) is 0 Å². The number of nitrogens with zero attached hydrogens (tertiary/aromatic N) is 1. The average molecular weight is 445 g/mol. The fraction of sp³-hybridized carbons (Fsp3) is 0. The van der Waals surface area contributed by atoms with Gasteiger partial charge in [0.1, 0.15) is 23.0 Å². The van der Waals surface area contributed by atoms with Crippen molar-refractivity contribution >= 4 is 49.1 Å². The second-order valence-electron chi connectivity index (χ2n) is 5.72. The zero-order valence-corrected chi connectivity index (χ0v) is 16.1. The van der Waals surface area contributed by atoms with Gasteiger partial charge in [0.05, 0.1) is 4.88 Å². The molecule has 0 spiro atoms. The Hall–Kier alpha value is -2.64. The summed E-state index contributed by atoms with van der Waals surface area (Å²) < 4.78 is 29.5. The normalized spacial score (nSPS) is 10.9. The standard InChI is InChI=1S/C20H11BrF2N2OS/c21-18-12-4-1-2-7-15(12)27-19(18)11-8-9-16(24-10-11)25-20(26)17-13(22)5-3-6-14(17)23/h1-10H,(H,24,25,26). The number of thiophene rings is 1. The van der Waals surface area contributed by atoms with E-state index in [1.165, 1.54) is 6.07 Å². The molecule has 0 aliphatic rings. The van der Waals surface area contributed by atoms with Gasteiger partial charge >= 0.3 is 0 Å². The summed E-state index contributed by atoms with van der Waals surface area (Å²) in [6, 6.07) is 14.7. The van der Waals surface area contributed by atoms with Gasteiger partial charge in [-0.25, -0.2) is 13.8 Å². The summed E-state index contributed by atoms with van der Waals surface area (Å²) in [4.78, 5) is 17.4. The molecule has 0 atom stereocenters. The monoisotopic (exact) mass is 444 g/mol. The van der Waals surface area contributed by atoms with Crippen molar-refractivity contribution in [2.75, 3.05) is 5.32 Å². The van der Waals surface area contributed by atoms with Crippen LogP contribution in [0.5, 0.6) is 0 Å². The molecule has 0 unspecified atom stereocenters. The number of carbonyl (C=O) groups excluding carboxylic acids is 1. The molecule has 0 aliphatic heterocycles. The highest BCUT2D eigenvalue weighted by Gasteiger charge is 2.18. The summed E-state index contributed by atoms with van der Waals surface area (Å²) in [5.41, 5.74) is 0.244. The van der Waals surface area contributed by atoms with E-state index in [2.05, 4.69) is 26.2 Å². The van der Waals surface area contributed by atoms with Crippen molar-refractivity contribution in [2.45, 2.75) is 0 Å². The second kappa shape index (κ2) is 7.17. The Kier molecular flexibility index (Phi) is 4.72. The minimum Gasteiger partial charge on any atom is -0.306 e. The minimum atomic E-state index is -0.918. The maximum atomic E-state index is 13.7. The molecule has 2 heterocycles. The van der Waals surface area contributed by atoms with E-state index in [0.29, 0.717) is 0 Å². The van der Waals surface area contributed by atoms with Crippen LogP contribution in [0.25, 0.3) is 20.5 Å². The van der Waals surface area contributed by atoms with Crippen LogP contribution >= 0.6 is 27.3 Å². The van der Waals surface area contributed by atoms with Gasteiger partial charge in [0.25, 0.3) is 5.91 Å². The summed E-state index contributed by atoms with van der Waals surface area (Å²) in [5, 5.41) is 3.54. The van der Waals surface area contributed by atoms with Gasteiger partial charge in [-0.3, -0.25) is 4.79 Å². The van der Waals surface area contributed by atoms with Crippen LogP contribution in [0, 0.1) is 11.6 Å². The molecule has 0 bridgehead atoms. The van der Waals surface area contributed by atoms with Crippen molar-refractivity contribution in [3.63, 3.8) is 0 Å². The Morgan fingerprint density at radius 3 is 2.41 bits per heavy atom. The number of carbonyl (C=O) groups is 1. The quantitative estimate of drug-likeness (QED) is 0.405. The number of pyridine rings is 1. The maximum Gasteiger partial charge on any atom is 0.262 e. The van der Waals surface area contributed by atoms with E-state index >= 15 is 0 Å². The van der Waals surface area contributed by atoms with Crippen LogP contribution in [0.3, 0.4) is 0 Å². The number of hydrogen-bond donors (Lipinski definition) is 1. The predicted octanol–water partition coefficient (Wildman–Crippen LogP) is 6.26. The smallest absolute Gasteiger partial charge is 0.262 e. The van der Waals surface area contributed by atoms with Crippen LogP contribution in [0.15, 0.2) is 65.3 Å². The summed E-state index contributed by atoms with van der Waals surface area (Å²) in [6.45, 7) is 0. The molecule has 4 rings (SSSR count). The van der Waals surface area contributed by atoms with Gasteiger partial charge in [-0.2, -0.15) is 0 Å². The van der Waals surface area contributed by atoms with E-state index in [-0.39, 0.29) is 5.82 Å². The first-order valence-corrected chi connectivity index (χ1v) is 9.54. The third-order valence-electron chi connectivity index (χ3n) is 3.99. The molecular formula is C20H11BrF2N2OS. The molecule has 2 aromatic heterocycles.